The fraction of sp³-hybridized carbons (Fsp3) is 0.190. The van der Waals surface area contributed by atoms with Crippen molar-refractivity contribution in [3.8, 4) is 0 Å². The molecule has 0 aliphatic heterocycles. The molecule has 2 heterocycles. The predicted octanol–water partition coefficient (Wildman–Crippen LogP) is 5.44. The van der Waals surface area contributed by atoms with Crippen LogP contribution in [0.1, 0.15) is 25.5 Å². The second-order valence-corrected chi connectivity index (χ2v) is 6.28. The van der Waals surface area contributed by atoms with Crippen molar-refractivity contribution >= 4 is 27.5 Å². The lowest BCUT2D eigenvalue weighted by Gasteiger charge is -2.30. The van der Waals surface area contributed by atoms with Gasteiger partial charge in [-0.1, -0.05) is 18.2 Å². The lowest BCUT2D eigenvalue weighted by Crippen LogP contribution is -2.26. The van der Waals surface area contributed by atoms with Crippen LogP contribution >= 0.6 is 0 Å². The molecule has 0 fully saturated rings. The highest BCUT2D eigenvalue weighted by Crippen LogP contribution is 2.32. The van der Waals surface area contributed by atoms with Crippen LogP contribution in [0.25, 0.3) is 21.8 Å². The van der Waals surface area contributed by atoms with Crippen molar-refractivity contribution < 1.29 is 4.39 Å². The fourth-order valence-electron chi connectivity index (χ4n) is 3.52. The summed E-state index contributed by atoms with van der Waals surface area (Å²) in [5, 5.41) is 2.05. The van der Waals surface area contributed by atoms with Crippen LogP contribution in [0, 0.1) is 5.82 Å². The van der Waals surface area contributed by atoms with Crippen molar-refractivity contribution in [3.05, 3.63) is 72.3 Å². The number of aromatic amines is 1. The monoisotopic (exact) mass is 333 g/mol. The number of nitrogens with zero attached hydrogens (tertiary/aromatic N) is 2. The molecule has 3 nitrogen and oxygen atoms in total. The van der Waals surface area contributed by atoms with Crippen molar-refractivity contribution in [1.29, 1.82) is 0 Å². The first-order chi connectivity index (χ1) is 12.2. The Morgan fingerprint density at radius 3 is 2.84 bits per heavy atom. The maximum Gasteiger partial charge on any atom is 0.123 e. The number of rotatable bonds is 4. The van der Waals surface area contributed by atoms with E-state index in [0.717, 1.165) is 39.6 Å². The molecule has 1 N–H and O–H groups in total. The number of anilines is 1. The highest BCUT2D eigenvalue weighted by Gasteiger charge is 2.19. The number of halogens is 1. The summed E-state index contributed by atoms with van der Waals surface area (Å²) in [4.78, 5) is 10.1. The molecule has 0 bridgehead atoms. The highest BCUT2D eigenvalue weighted by atomic mass is 19.1. The third-order valence-electron chi connectivity index (χ3n) is 4.84. The minimum Gasteiger partial charge on any atom is -0.364 e. The van der Waals surface area contributed by atoms with Crippen molar-refractivity contribution in [3.63, 3.8) is 0 Å². The number of aromatic nitrogens is 2. The van der Waals surface area contributed by atoms with Crippen LogP contribution in [0.3, 0.4) is 0 Å². The quantitative estimate of drug-likeness (QED) is 0.539. The fourth-order valence-corrected chi connectivity index (χ4v) is 3.52. The zero-order valence-electron chi connectivity index (χ0n) is 14.3. The maximum absolute atomic E-state index is 13.7. The van der Waals surface area contributed by atoms with E-state index in [1.165, 1.54) is 6.07 Å². The van der Waals surface area contributed by atoms with Crippen LogP contribution in [0.4, 0.5) is 10.1 Å². The second kappa shape index (κ2) is 6.20. The summed E-state index contributed by atoms with van der Waals surface area (Å²) in [7, 11) is 0. The van der Waals surface area contributed by atoms with Crippen LogP contribution in [0.2, 0.25) is 0 Å². The Kier molecular flexibility index (Phi) is 3.88. The van der Waals surface area contributed by atoms with Gasteiger partial charge in [0, 0.05) is 29.0 Å². The lowest BCUT2D eigenvalue weighted by molar-refractivity contribution is 0.629. The Balaban J connectivity index is 1.77. The van der Waals surface area contributed by atoms with Crippen LogP contribution in [0.5, 0.6) is 0 Å². The van der Waals surface area contributed by atoms with Gasteiger partial charge in [0.05, 0.1) is 23.4 Å². The molecule has 2 aromatic heterocycles. The molecule has 4 rings (SSSR count). The molecule has 0 amide bonds. The summed E-state index contributed by atoms with van der Waals surface area (Å²) in [6.45, 7) is 5.11. The Morgan fingerprint density at radius 2 is 2.00 bits per heavy atom. The van der Waals surface area contributed by atoms with Gasteiger partial charge in [0.2, 0.25) is 0 Å². The van der Waals surface area contributed by atoms with Gasteiger partial charge in [-0.05, 0) is 49.7 Å². The first kappa shape index (κ1) is 15.6. The molecule has 0 radical (unpaired) electrons. The van der Waals surface area contributed by atoms with Crippen molar-refractivity contribution in [2.45, 2.75) is 19.9 Å². The van der Waals surface area contributed by atoms with E-state index >= 15 is 0 Å². The minimum atomic E-state index is -0.212. The van der Waals surface area contributed by atoms with E-state index in [-0.39, 0.29) is 11.9 Å². The number of pyridine rings is 1. The molecule has 0 aliphatic rings. The molecule has 0 spiro atoms. The van der Waals surface area contributed by atoms with Gasteiger partial charge in [-0.15, -0.1) is 0 Å². The maximum atomic E-state index is 13.7. The molecule has 0 saturated carbocycles. The summed E-state index contributed by atoms with van der Waals surface area (Å²) >= 11 is 0. The number of fused-ring (bicyclic) bond motifs is 2. The number of benzene rings is 2. The SMILES string of the molecule is CCN(c1cnc2ccccc2c1)C(C)c1c[nH]c2ccc(F)cc12. The molecule has 25 heavy (non-hydrogen) atoms. The molecule has 4 aromatic rings. The molecule has 126 valence electrons. The number of nitrogens with one attached hydrogen (secondary N) is 1. The standard InChI is InChI=1S/C21H20FN3/c1-3-25(17-10-15-6-4-5-7-20(15)23-12-17)14(2)19-13-24-21-9-8-16(22)11-18(19)21/h4-14,24H,3H2,1-2H3. The molecular weight excluding hydrogens is 313 g/mol. The van der Waals surface area contributed by atoms with E-state index in [2.05, 4.69) is 40.8 Å². The van der Waals surface area contributed by atoms with Crippen molar-refractivity contribution in [1.82, 2.24) is 9.97 Å². The summed E-state index contributed by atoms with van der Waals surface area (Å²) in [5.74, 6) is -0.212. The molecule has 0 aliphatic carbocycles. The summed E-state index contributed by atoms with van der Waals surface area (Å²) in [6, 6.07) is 15.2. The van der Waals surface area contributed by atoms with Crippen molar-refractivity contribution in [2.75, 3.05) is 11.4 Å². The van der Waals surface area contributed by atoms with E-state index in [1.807, 2.05) is 30.6 Å². The third-order valence-corrected chi connectivity index (χ3v) is 4.84. The van der Waals surface area contributed by atoms with Gasteiger partial charge in [-0.2, -0.15) is 0 Å². The number of hydrogen-bond donors (Lipinski definition) is 1. The Morgan fingerprint density at radius 1 is 1.16 bits per heavy atom. The smallest absolute Gasteiger partial charge is 0.123 e. The van der Waals surface area contributed by atoms with Crippen molar-refractivity contribution in [2.24, 2.45) is 0 Å². The van der Waals surface area contributed by atoms with E-state index in [9.17, 15) is 4.39 Å². The van der Waals surface area contributed by atoms with Gasteiger partial charge in [-0.25, -0.2) is 4.39 Å². The van der Waals surface area contributed by atoms with Gasteiger partial charge < -0.3 is 9.88 Å². The Bertz CT molecular complexity index is 1040. The van der Waals surface area contributed by atoms with E-state index < -0.39 is 0 Å². The van der Waals surface area contributed by atoms with Crippen LogP contribution in [0.15, 0.2) is 60.9 Å². The molecule has 2 aromatic carbocycles. The Hall–Kier alpha value is -2.88. The van der Waals surface area contributed by atoms with Gasteiger partial charge in [0.15, 0.2) is 0 Å². The average Bonchev–Trinajstić information content (AvgIpc) is 3.05. The number of H-pyrrole nitrogens is 1. The molecule has 4 heteroatoms. The average molecular weight is 333 g/mol. The third kappa shape index (κ3) is 2.74. The first-order valence-corrected chi connectivity index (χ1v) is 8.55. The van der Waals surface area contributed by atoms with Gasteiger partial charge in [-0.3, -0.25) is 4.98 Å². The first-order valence-electron chi connectivity index (χ1n) is 8.55. The molecule has 0 saturated heterocycles. The number of hydrogen-bond acceptors (Lipinski definition) is 2. The van der Waals surface area contributed by atoms with Crippen LogP contribution in [-0.4, -0.2) is 16.5 Å². The van der Waals surface area contributed by atoms with Crippen LogP contribution in [-0.2, 0) is 0 Å². The predicted molar refractivity (Wildman–Crippen MR) is 101 cm³/mol. The Labute approximate surface area is 146 Å². The second-order valence-electron chi connectivity index (χ2n) is 6.28. The largest absolute Gasteiger partial charge is 0.364 e. The molecule has 1 unspecified atom stereocenters. The van der Waals surface area contributed by atoms with E-state index in [4.69, 9.17) is 0 Å². The van der Waals surface area contributed by atoms with Gasteiger partial charge in [0.1, 0.15) is 5.82 Å². The van der Waals surface area contributed by atoms with Gasteiger partial charge >= 0.3 is 0 Å². The molecular formula is C21H20FN3. The number of para-hydroxylation sites is 1. The molecule has 1 atom stereocenters. The minimum absolute atomic E-state index is 0.100. The summed E-state index contributed by atoms with van der Waals surface area (Å²) < 4.78 is 13.7. The topological polar surface area (TPSA) is 31.9 Å². The van der Waals surface area contributed by atoms with Gasteiger partial charge in [0.25, 0.3) is 0 Å². The zero-order valence-corrected chi connectivity index (χ0v) is 14.3. The lowest BCUT2D eigenvalue weighted by atomic mass is 10.0. The van der Waals surface area contributed by atoms with E-state index in [1.54, 1.807) is 12.1 Å². The van der Waals surface area contributed by atoms with E-state index in [0.29, 0.717) is 0 Å². The zero-order chi connectivity index (χ0) is 17.4. The van der Waals surface area contributed by atoms with Crippen LogP contribution < -0.4 is 4.90 Å². The highest BCUT2D eigenvalue weighted by molar-refractivity contribution is 5.85. The summed E-state index contributed by atoms with van der Waals surface area (Å²) in [5.41, 5.74) is 4.10. The summed E-state index contributed by atoms with van der Waals surface area (Å²) in [6.07, 6.45) is 3.89. The normalized spacial score (nSPS) is 12.6.